The van der Waals surface area contributed by atoms with E-state index in [-0.39, 0.29) is 11.2 Å². The van der Waals surface area contributed by atoms with Crippen LogP contribution in [-0.2, 0) is 4.79 Å². The molecule has 1 nitrogen and oxygen atoms in total. The van der Waals surface area contributed by atoms with E-state index in [4.69, 9.17) is 0 Å². The van der Waals surface area contributed by atoms with Crippen LogP contribution in [0.25, 0.3) is 0 Å². The average molecular weight is 288 g/mol. The fraction of sp³-hybridized carbons (Fsp3) is 0.421. The summed E-state index contributed by atoms with van der Waals surface area (Å²) < 4.78 is 13.8. The summed E-state index contributed by atoms with van der Waals surface area (Å²) in [6.07, 6.45) is 13.8. The molecule has 114 valence electrons. The number of halogens is 1. The van der Waals surface area contributed by atoms with Crippen LogP contribution in [0, 0.1) is 5.41 Å². The number of hydrogen-bond acceptors (Lipinski definition) is 1. The van der Waals surface area contributed by atoms with E-state index in [0.717, 1.165) is 24.7 Å². The van der Waals surface area contributed by atoms with E-state index in [1.165, 1.54) is 35.8 Å². The van der Waals surface area contributed by atoms with Crippen LogP contribution in [-0.4, -0.2) is 6.29 Å². The molecule has 0 heterocycles. The Bertz CT molecular complexity index is 528. The molecule has 0 aromatic carbocycles. The SMILES string of the molecule is CC1=C(/C=C/C(F)=C/C=C\C(C)=C\C=O)C(C)(C)CCC1. The predicted molar refractivity (Wildman–Crippen MR) is 87.6 cm³/mol. The molecule has 0 aromatic heterocycles. The number of carbonyl (C=O) groups excluding carboxylic acids is 1. The van der Waals surface area contributed by atoms with Crippen molar-refractivity contribution in [1.29, 1.82) is 0 Å². The van der Waals surface area contributed by atoms with Crippen LogP contribution < -0.4 is 0 Å². The maximum atomic E-state index is 13.8. The lowest BCUT2D eigenvalue weighted by atomic mass is 9.72. The van der Waals surface area contributed by atoms with Gasteiger partial charge in [0.05, 0.1) is 0 Å². The molecule has 0 aliphatic heterocycles. The van der Waals surface area contributed by atoms with Gasteiger partial charge in [0.25, 0.3) is 0 Å². The zero-order chi connectivity index (χ0) is 15.9. The van der Waals surface area contributed by atoms with Gasteiger partial charge in [0, 0.05) is 0 Å². The zero-order valence-electron chi connectivity index (χ0n) is 13.4. The minimum Gasteiger partial charge on any atom is -0.299 e. The van der Waals surface area contributed by atoms with Crippen LogP contribution in [0.3, 0.4) is 0 Å². The van der Waals surface area contributed by atoms with Gasteiger partial charge in [0.2, 0.25) is 0 Å². The summed E-state index contributed by atoms with van der Waals surface area (Å²) >= 11 is 0. The van der Waals surface area contributed by atoms with Crippen LogP contribution in [0.15, 0.2) is 59.0 Å². The maximum absolute atomic E-state index is 13.8. The lowest BCUT2D eigenvalue weighted by Crippen LogP contribution is -2.19. The van der Waals surface area contributed by atoms with E-state index in [1.807, 2.05) is 6.08 Å². The summed E-state index contributed by atoms with van der Waals surface area (Å²) in [6, 6.07) is 0. The Balaban J connectivity index is 2.80. The van der Waals surface area contributed by atoms with Gasteiger partial charge in [-0.15, -0.1) is 0 Å². The highest BCUT2D eigenvalue weighted by molar-refractivity contribution is 5.66. The van der Waals surface area contributed by atoms with E-state index in [1.54, 1.807) is 19.1 Å². The van der Waals surface area contributed by atoms with Crippen molar-refractivity contribution in [3.8, 4) is 0 Å². The van der Waals surface area contributed by atoms with Crippen molar-refractivity contribution >= 4 is 6.29 Å². The number of rotatable bonds is 5. The summed E-state index contributed by atoms with van der Waals surface area (Å²) in [4.78, 5) is 10.3. The molecule has 0 spiro atoms. The lowest BCUT2D eigenvalue weighted by molar-refractivity contribution is -0.104. The third-order valence-corrected chi connectivity index (χ3v) is 3.90. The summed E-state index contributed by atoms with van der Waals surface area (Å²) in [5.74, 6) is -0.285. The molecule has 1 rings (SSSR count). The second-order valence-electron chi connectivity index (χ2n) is 6.22. The Morgan fingerprint density at radius 2 is 1.95 bits per heavy atom. The Kier molecular flexibility index (Phi) is 6.54. The van der Waals surface area contributed by atoms with Gasteiger partial charge < -0.3 is 0 Å². The fourth-order valence-electron chi connectivity index (χ4n) is 2.68. The second-order valence-corrected chi connectivity index (χ2v) is 6.22. The van der Waals surface area contributed by atoms with Gasteiger partial charge in [-0.05, 0) is 67.9 Å². The normalized spacial score (nSPS) is 20.6. The van der Waals surface area contributed by atoms with Crippen LogP contribution in [0.4, 0.5) is 4.39 Å². The van der Waals surface area contributed by atoms with Crippen molar-refractivity contribution in [3.05, 3.63) is 59.0 Å². The number of allylic oxidation sites excluding steroid dienone is 10. The van der Waals surface area contributed by atoms with E-state index in [9.17, 15) is 9.18 Å². The smallest absolute Gasteiger partial charge is 0.143 e. The molecule has 0 saturated heterocycles. The minimum absolute atomic E-state index is 0.123. The van der Waals surface area contributed by atoms with Crippen LogP contribution in [0.2, 0.25) is 0 Å². The molecule has 1 aliphatic carbocycles. The molecule has 21 heavy (non-hydrogen) atoms. The number of aldehydes is 1. The van der Waals surface area contributed by atoms with Gasteiger partial charge in [0.15, 0.2) is 0 Å². The van der Waals surface area contributed by atoms with Crippen molar-refractivity contribution in [2.75, 3.05) is 0 Å². The van der Waals surface area contributed by atoms with Gasteiger partial charge >= 0.3 is 0 Å². The minimum atomic E-state index is -0.285. The standard InChI is InChI=1S/C19H25FO/c1-15(12-14-21)7-5-9-17(20)10-11-18-16(2)8-6-13-19(18,3)4/h5,7,9-12,14H,6,8,13H2,1-4H3/b7-5-,11-10+,15-12+,17-9-. The van der Waals surface area contributed by atoms with Crippen molar-refractivity contribution in [2.45, 2.75) is 47.0 Å². The van der Waals surface area contributed by atoms with Gasteiger partial charge in [0.1, 0.15) is 12.1 Å². The monoisotopic (exact) mass is 288 g/mol. The van der Waals surface area contributed by atoms with Crippen molar-refractivity contribution in [3.63, 3.8) is 0 Å². The van der Waals surface area contributed by atoms with Crippen LogP contribution >= 0.6 is 0 Å². The first-order chi connectivity index (χ1) is 9.86. The topological polar surface area (TPSA) is 17.1 Å². The molecule has 0 aromatic rings. The number of hydrogen-bond donors (Lipinski definition) is 0. The van der Waals surface area contributed by atoms with Gasteiger partial charge in [-0.2, -0.15) is 0 Å². The third-order valence-electron chi connectivity index (χ3n) is 3.90. The Labute approximate surface area is 127 Å². The Morgan fingerprint density at radius 3 is 2.57 bits per heavy atom. The zero-order valence-corrected chi connectivity index (χ0v) is 13.4. The summed E-state index contributed by atoms with van der Waals surface area (Å²) in [6.45, 7) is 8.36. The average Bonchev–Trinajstić information content (AvgIpc) is 2.37. The molecule has 0 unspecified atom stereocenters. The first kappa shape index (κ1) is 17.4. The van der Waals surface area contributed by atoms with E-state index in [2.05, 4.69) is 20.8 Å². The van der Waals surface area contributed by atoms with Gasteiger partial charge in [-0.25, -0.2) is 4.39 Å². The largest absolute Gasteiger partial charge is 0.299 e. The van der Waals surface area contributed by atoms with Gasteiger partial charge in [-0.3, -0.25) is 4.79 Å². The Morgan fingerprint density at radius 1 is 1.24 bits per heavy atom. The van der Waals surface area contributed by atoms with Crippen molar-refractivity contribution < 1.29 is 9.18 Å². The highest BCUT2D eigenvalue weighted by Gasteiger charge is 2.26. The van der Waals surface area contributed by atoms with Crippen LogP contribution in [0.1, 0.15) is 47.0 Å². The highest BCUT2D eigenvalue weighted by Crippen LogP contribution is 2.40. The quantitative estimate of drug-likeness (QED) is 0.364. The second kappa shape index (κ2) is 7.92. The van der Waals surface area contributed by atoms with Crippen molar-refractivity contribution in [2.24, 2.45) is 5.41 Å². The predicted octanol–water partition coefficient (Wildman–Crippen LogP) is 5.62. The first-order valence-corrected chi connectivity index (χ1v) is 7.41. The maximum Gasteiger partial charge on any atom is 0.143 e. The lowest BCUT2D eigenvalue weighted by Gasteiger charge is -2.32. The molecule has 0 N–H and O–H groups in total. The van der Waals surface area contributed by atoms with Gasteiger partial charge in [-0.1, -0.05) is 37.6 Å². The summed E-state index contributed by atoms with van der Waals surface area (Å²) in [5.41, 5.74) is 3.53. The highest BCUT2D eigenvalue weighted by atomic mass is 19.1. The summed E-state index contributed by atoms with van der Waals surface area (Å²) in [7, 11) is 0. The summed E-state index contributed by atoms with van der Waals surface area (Å²) in [5, 5.41) is 0. The molecule has 0 saturated carbocycles. The van der Waals surface area contributed by atoms with E-state index < -0.39 is 0 Å². The molecule has 1 aliphatic rings. The third kappa shape index (κ3) is 5.66. The van der Waals surface area contributed by atoms with E-state index in [0.29, 0.717) is 0 Å². The molecule has 0 atom stereocenters. The molecule has 2 heteroatoms. The first-order valence-electron chi connectivity index (χ1n) is 7.41. The molecule has 0 radical (unpaired) electrons. The molecule has 0 bridgehead atoms. The fourth-order valence-corrected chi connectivity index (χ4v) is 2.68. The molecular weight excluding hydrogens is 263 g/mol. The molecule has 0 fully saturated rings. The van der Waals surface area contributed by atoms with Crippen molar-refractivity contribution in [1.82, 2.24) is 0 Å². The molecule has 0 amide bonds. The molecular formula is C19H25FO. The van der Waals surface area contributed by atoms with Crippen LogP contribution in [0.5, 0.6) is 0 Å². The van der Waals surface area contributed by atoms with E-state index >= 15 is 0 Å². The number of carbonyl (C=O) groups is 1. The Hall–Kier alpha value is -1.70.